The molecule has 0 amide bonds. The zero-order valence-electron chi connectivity index (χ0n) is 15.4. The Morgan fingerprint density at radius 2 is 1.56 bits per heavy atom. The molecule has 0 atom stereocenters. The number of benzene rings is 1. The number of methoxy groups -OCH3 is 1. The molecule has 0 saturated carbocycles. The summed E-state index contributed by atoms with van der Waals surface area (Å²) in [6.45, 7) is 4.86. The van der Waals surface area contributed by atoms with Crippen LogP contribution in [0.25, 0.3) is 0 Å². The Hall–Kier alpha value is -2.54. The van der Waals surface area contributed by atoms with Crippen molar-refractivity contribution in [2.24, 2.45) is 0 Å². The Balaban J connectivity index is 1.78. The number of hydrogen-bond donors (Lipinski definition) is 2. The van der Waals surface area contributed by atoms with Gasteiger partial charge < -0.3 is 25.0 Å². The maximum absolute atomic E-state index is 5.70. The molecule has 0 bridgehead atoms. The summed E-state index contributed by atoms with van der Waals surface area (Å²) in [6.07, 6.45) is 0. The van der Waals surface area contributed by atoms with Crippen LogP contribution in [-0.2, 0) is 0 Å². The molecule has 0 aliphatic carbocycles. The number of likely N-dealkylation sites (N-methyl/N-ethyl adjacent to an activating group) is 1. The first-order valence-electron chi connectivity index (χ1n) is 8.32. The molecule has 0 aliphatic rings. The van der Waals surface area contributed by atoms with Crippen molar-refractivity contribution in [3.63, 3.8) is 0 Å². The maximum Gasteiger partial charge on any atom is 0.131 e. The first-order valence-corrected chi connectivity index (χ1v) is 8.32. The van der Waals surface area contributed by atoms with E-state index in [1.54, 1.807) is 7.11 Å². The van der Waals surface area contributed by atoms with Crippen molar-refractivity contribution >= 4 is 11.6 Å². The maximum atomic E-state index is 5.70. The second kappa shape index (κ2) is 9.68. The molecule has 2 aromatic rings. The van der Waals surface area contributed by atoms with Crippen LogP contribution in [0.4, 0.5) is 11.6 Å². The Labute approximate surface area is 149 Å². The van der Waals surface area contributed by atoms with Crippen LogP contribution >= 0.6 is 0 Å². The van der Waals surface area contributed by atoms with Gasteiger partial charge in [0.1, 0.15) is 35.6 Å². The van der Waals surface area contributed by atoms with Crippen molar-refractivity contribution in [1.29, 1.82) is 0 Å². The third kappa shape index (κ3) is 6.84. The van der Waals surface area contributed by atoms with Crippen LogP contribution in [0.5, 0.6) is 11.5 Å². The predicted molar refractivity (Wildman–Crippen MR) is 101 cm³/mol. The normalized spacial score (nSPS) is 10.6. The van der Waals surface area contributed by atoms with E-state index in [2.05, 4.69) is 25.5 Å². The largest absolute Gasteiger partial charge is 0.497 e. The van der Waals surface area contributed by atoms with Gasteiger partial charge in [-0.3, -0.25) is 0 Å². The molecule has 0 radical (unpaired) electrons. The fourth-order valence-corrected chi connectivity index (χ4v) is 2.18. The molecule has 0 aliphatic heterocycles. The lowest BCUT2D eigenvalue weighted by molar-refractivity contribution is 0.331. The number of anilines is 2. The van der Waals surface area contributed by atoms with Gasteiger partial charge in [-0.15, -0.1) is 0 Å². The summed E-state index contributed by atoms with van der Waals surface area (Å²) in [5.74, 6) is 3.98. The molecule has 2 rings (SSSR count). The van der Waals surface area contributed by atoms with Gasteiger partial charge >= 0.3 is 0 Å². The minimum absolute atomic E-state index is 0.540. The second-order valence-electron chi connectivity index (χ2n) is 5.87. The van der Waals surface area contributed by atoms with E-state index in [0.717, 1.165) is 42.0 Å². The van der Waals surface area contributed by atoms with Gasteiger partial charge in [0.05, 0.1) is 13.7 Å². The molecular formula is C18H27N5O2. The highest BCUT2D eigenvalue weighted by Gasteiger charge is 2.02. The first kappa shape index (κ1) is 18.8. The number of nitrogens with one attached hydrogen (secondary N) is 2. The molecule has 7 heteroatoms. The summed E-state index contributed by atoms with van der Waals surface area (Å²) in [7, 11) is 5.73. The number of aromatic nitrogens is 2. The fourth-order valence-electron chi connectivity index (χ4n) is 2.18. The van der Waals surface area contributed by atoms with Crippen molar-refractivity contribution in [3.05, 3.63) is 36.2 Å². The third-order valence-electron chi connectivity index (χ3n) is 3.44. The molecule has 25 heavy (non-hydrogen) atoms. The molecule has 0 spiro atoms. The number of ether oxygens (including phenoxy) is 2. The van der Waals surface area contributed by atoms with Crippen LogP contribution < -0.4 is 20.1 Å². The van der Waals surface area contributed by atoms with Crippen molar-refractivity contribution < 1.29 is 9.47 Å². The Morgan fingerprint density at radius 1 is 0.960 bits per heavy atom. The lowest BCUT2D eigenvalue weighted by atomic mass is 10.3. The smallest absolute Gasteiger partial charge is 0.131 e. The van der Waals surface area contributed by atoms with Gasteiger partial charge in [-0.2, -0.15) is 0 Å². The van der Waals surface area contributed by atoms with Crippen molar-refractivity contribution in [2.75, 3.05) is 58.1 Å². The zero-order chi connectivity index (χ0) is 18.1. The van der Waals surface area contributed by atoms with Gasteiger partial charge in [0.15, 0.2) is 0 Å². The highest BCUT2D eigenvalue weighted by molar-refractivity contribution is 5.47. The minimum atomic E-state index is 0.540. The SMILES string of the molecule is COc1ccc(OCCNc2cc(NCCN(C)C)nc(C)n2)cc1. The van der Waals surface area contributed by atoms with E-state index in [0.29, 0.717) is 13.2 Å². The molecular weight excluding hydrogens is 318 g/mol. The average molecular weight is 345 g/mol. The third-order valence-corrected chi connectivity index (χ3v) is 3.44. The molecule has 1 aromatic heterocycles. The minimum Gasteiger partial charge on any atom is -0.497 e. The lowest BCUT2D eigenvalue weighted by Crippen LogP contribution is -2.21. The standard InChI is InChI=1S/C18H27N5O2/c1-14-21-17(19-9-11-23(2)3)13-18(22-14)20-10-12-25-16-7-5-15(24-4)6-8-16/h5-8,13H,9-12H2,1-4H3,(H2,19,20,21,22). The van der Waals surface area contributed by atoms with Crippen molar-refractivity contribution in [2.45, 2.75) is 6.92 Å². The number of nitrogens with zero attached hydrogens (tertiary/aromatic N) is 3. The zero-order valence-corrected chi connectivity index (χ0v) is 15.4. The van der Waals surface area contributed by atoms with Gasteiger partial charge in [0, 0.05) is 19.2 Å². The average Bonchev–Trinajstić information content (AvgIpc) is 2.58. The van der Waals surface area contributed by atoms with Crippen LogP contribution in [0.1, 0.15) is 5.82 Å². The molecule has 136 valence electrons. The summed E-state index contributed by atoms with van der Waals surface area (Å²) in [5, 5.41) is 6.58. The van der Waals surface area contributed by atoms with E-state index >= 15 is 0 Å². The number of aryl methyl sites for hydroxylation is 1. The number of hydrogen-bond acceptors (Lipinski definition) is 7. The van der Waals surface area contributed by atoms with Crippen LogP contribution in [0.3, 0.4) is 0 Å². The van der Waals surface area contributed by atoms with E-state index in [1.807, 2.05) is 51.4 Å². The molecule has 1 heterocycles. The quantitative estimate of drug-likeness (QED) is 0.640. The lowest BCUT2D eigenvalue weighted by Gasteiger charge is -2.13. The monoisotopic (exact) mass is 345 g/mol. The van der Waals surface area contributed by atoms with E-state index in [1.165, 1.54) is 0 Å². The second-order valence-corrected chi connectivity index (χ2v) is 5.87. The summed E-state index contributed by atoms with van der Waals surface area (Å²) in [6, 6.07) is 9.45. The molecule has 0 fully saturated rings. The summed E-state index contributed by atoms with van der Waals surface area (Å²) >= 11 is 0. The fraction of sp³-hybridized carbons (Fsp3) is 0.444. The summed E-state index contributed by atoms with van der Waals surface area (Å²) in [5.41, 5.74) is 0. The molecule has 1 aromatic carbocycles. The van der Waals surface area contributed by atoms with E-state index < -0.39 is 0 Å². The molecule has 2 N–H and O–H groups in total. The van der Waals surface area contributed by atoms with Gasteiger partial charge in [-0.05, 0) is 45.3 Å². The van der Waals surface area contributed by atoms with Crippen LogP contribution in [-0.4, -0.2) is 62.3 Å². The van der Waals surface area contributed by atoms with E-state index in [4.69, 9.17) is 9.47 Å². The van der Waals surface area contributed by atoms with Gasteiger partial charge in [-0.25, -0.2) is 9.97 Å². The summed E-state index contributed by atoms with van der Waals surface area (Å²) in [4.78, 5) is 10.9. The van der Waals surface area contributed by atoms with Crippen LogP contribution in [0.15, 0.2) is 30.3 Å². The molecule has 7 nitrogen and oxygen atoms in total. The first-order chi connectivity index (χ1) is 12.1. The Morgan fingerprint density at radius 3 is 2.16 bits per heavy atom. The van der Waals surface area contributed by atoms with Crippen molar-refractivity contribution in [3.8, 4) is 11.5 Å². The van der Waals surface area contributed by atoms with Crippen LogP contribution in [0, 0.1) is 6.92 Å². The van der Waals surface area contributed by atoms with Gasteiger partial charge in [-0.1, -0.05) is 0 Å². The summed E-state index contributed by atoms with van der Waals surface area (Å²) < 4.78 is 10.8. The highest BCUT2D eigenvalue weighted by Crippen LogP contribution is 2.17. The predicted octanol–water partition coefficient (Wildman–Crippen LogP) is 2.26. The van der Waals surface area contributed by atoms with Gasteiger partial charge in [0.2, 0.25) is 0 Å². The van der Waals surface area contributed by atoms with E-state index in [-0.39, 0.29) is 0 Å². The Bertz CT molecular complexity index is 646. The molecule has 0 saturated heterocycles. The van der Waals surface area contributed by atoms with E-state index in [9.17, 15) is 0 Å². The topological polar surface area (TPSA) is 71.5 Å². The van der Waals surface area contributed by atoms with Crippen molar-refractivity contribution in [1.82, 2.24) is 14.9 Å². The number of rotatable bonds is 10. The Kier molecular flexibility index (Phi) is 7.28. The molecule has 0 unspecified atom stereocenters. The van der Waals surface area contributed by atoms with Gasteiger partial charge in [0.25, 0.3) is 0 Å². The highest BCUT2D eigenvalue weighted by atomic mass is 16.5. The van der Waals surface area contributed by atoms with Crippen LogP contribution in [0.2, 0.25) is 0 Å².